The number of rotatable bonds is 3. The Morgan fingerprint density at radius 1 is 0.862 bits per heavy atom. The number of carbonyl (C=O) groups excluding carboxylic acids is 1. The molecule has 0 spiro atoms. The van der Waals surface area contributed by atoms with Gasteiger partial charge in [-0.15, -0.1) is 0 Å². The molecule has 0 amide bonds. The summed E-state index contributed by atoms with van der Waals surface area (Å²) in [6.07, 6.45) is 5.34. The Morgan fingerprint density at radius 3 is 2.52 bits per heavy atom. The van der Waals surface area contributed by atoms with Crippen molar-refractivity contribution in [2.45, 2.75) is 32.2 Å². The smallest absolute Gasteiger partial charge is 0.192 e. The largest absolute Gasteiger partial charge is 0.463 e. The quantitative estimate of drug-likeness (QED) is 0.531. The van der Waals surface area contributed by atoms with E-state index in [0.29, 0.717) is 17.4 Å². The van der Waals surface area contributed by atoms with E-state index in [1.54, 1.807) is 0 Å². The second-order valence-corrected chi connectivity index (χ2v) is 8.23. The van der Waals surface area contributed by atoms with Gasteiger partial charge in [0.1, 0.15) is 5.58 Å². The van der Waals surface area contributed by atoms with Crippen LogP contribution < -0.4 is 5.43 Å². The van der Waals surface area contributed by atoms with Crippen LogP contribution in [-0.4, -0.2) is 34.9 Å². The van der Waals surface area contributed by atoms with E-state index in [0.717, 1.165) is 52.4 Å². The van der Waals surface area contributed by atoms with Crippen molar-refractivity contribution in [3.05, 3.63) is 57.9 Å². The van der Waals surface area contributed by atoms with Crippen molar-refractivity contribution >= 4 is 38.6 Å². The predicted octanol–water partition coefficient (Wildman–Crippen LogP) is 4.13. The summed E-state index contributed by atoms with van der Waals surface area (Å²) in [4.78, 5) is 27.3. The fourth-order valence-electron chi connectivity index (χ4n) is 5.26. The molecular formula is C24H22N2O3. The van der Waals surface area contributed by atoms with Crippen LogP contribution in [-0.2, 0) is 13.0 Å². The molecule has 2 aromatic carbocycles. The number of Topliss-reactive ketones (excluding diaryl/α,β-unsaturated/α-hetero) is 1. The number of carbonyl (C=O) groups is 1. The minimum atomic E-state index is -0.0326. The Morgan fingerprint density at radius 2 is 1.66 bits per heavy atom. The third-order valence-corrected chi connectivity index (χ3v) is 6.67. The summed E-state index contributed by atoms with van der Waals surface area (Å²) in [6.45, 7) is 4.22. The summed E-state index contributed by atoms with van der Waals surface area (Å²) in [5.41, 5.74) is 4.74. The lowest BCUT2D eigenvalue weighted by Gasteiger charge is -2.16. The van der Waals surface area contributed by atoms with Gasteiger partial charge in [0.15, 0.2) is 11.2 Å². The second-order valence-electron chi connectivity index (χ2n) is 8.23. The van der Waals surface area contributed by atoms with Gasteiger partial charge in [-0.25, -0.2) is 0 Å². The molecule has 1 aliphatic heterocycles. The molecule has 0 bridgehead atoms. The molecule has 6 rings (SSSR count). The summed E-state index contributed by atoms with van der Waals surface area (Å²) < 4.78 is 8.23. The summed E-state index contributed by atoms with van der Waals surface area (Å²) in [5.74, 6) is 0.210. The van der Waals surface area contributed by atoms with Gasteiger partial charge in [0, 0.05) is 42.0 Å². The van der Waals surface area contributed by atoms with E-state index in [1.165, 1.54) is 38.3 Å². The first-order valence-electron chi connectivity index (χ1n) is 10.5. The average Bonchev–Trinajstić information content (AvgIpc) is 3.44. The van der Waals surface area contributed by atoms with Gasteiger partial charge in [0.05, 0.1) is 22.6 Å². The van der Waals surface area contributed by atoms with Gasteiger partial charge in [0.2, 0.25) is 0 Å². The highest BCUT2D eigenvalue weighted by atomic mass is 16.3. The molecule has 5 nitrogen and oxygen atoms in total. The number of fused-ring (bicyclic) bond motifs is 7. The van der Waals surface area contributed by atoms with E-state index in [1.807, 2.05) is 18.2 Å². The van der Waals surface area contributed by atoms with Gasteiger partial charge in [0.25, 0.3) is 0 Å². The van der Waals surface area contributed by atoms with Gasteiger partial charge >= 0.3 is 0 Å². The lowest BCUT2D eigenvalue weighted by atomic mass is 10.0. The third-order valence-electron chi connectivity index (χ3n) is 6.67. The zero-order valence-electron chi connectivity index (χ0n) is 16.2. The Labute approximate surface area is 167 Å². The van der Waals surface area contributed by atoms with Crippen molar-refractivity contribution in [2.24, 2.45) is 0 Å². The number of hydrogen-bond acceptors (Lipinski definition) is 4. The topological polar surface area (TPSA) is 55.5 Å². The average molecular weight is 386 g/mol. The van der Waals surface area contributed by atoms with Crippen LogP contribution in [0.1, 0.15) is 35.2 Å². The van der Waals surface area contributed by atoms with Gasteiger partial charge in [-0.1, -0.05) is 0 Å². The summed E-state index contributed by atoms with van der Waals surface area (Å²) in [5, 5.41) is 2.66. The Balaban J connectivity index is 1.68. The minimum absolute atomic E-state index is 0.0326. The number of aryl methyl sites for hydroxylation is 1. The molecule has 5 heteroatoms. The van der Waals surface area contributed by atoms with Crippen molar-refractivity contribution in [1.82, 2.24) is 9.47 Å². The third kappa shape index (κ3) is 2.43. The molecule has 4 aromatic rings. The molecule has 0 saturated carbocycles. The molecule has 0 N–H and O–H groups in total. The van der Waals surface area contributed by atoms with Gasteiger partial charge in [-0.3, -0.25) is 9.59 Å². The lowest BCUT2D eigenvalue weighted by molar-refractivity contribution is 0.0994. The Kier molecular flexibility index (Phi) is 3.68. The maximum Gasteiger partial charge on any atom is 0.192 e. The number of hydrogen-bond donors (Lipinski definition) is 0. The molecule has 0 atom stereocenters. The Bertz CT molecular complexity index is 1360. The molecule has 146 valence electrons. The van der Waals surface area contributed by atoms with Gasteiger partial charge < -0.3 is 13.9 Å². The van der Waals surface area contributed by atoms with Crippen LogP contribution in [0.25, 0.3) is 32.8 Å². The highest BCUT2D eigenvalue weighted by Gasteiger charge is 2.26. The molecule has 2 aliphatic rings. The van der Waals surface area contributed by atoms with Gasteiger partial charge in [-0.05, 0) is 62.2 Å². The van der Waals surface area contributed by atoms with Crippen LogP contribution in [0.15, 0.2) is 45.8 Å². The maximum absolute atomic E-state index is 12.4. The number of nitrogens with zero attached hydrogens (tertiary/aromatic N) is 2. The number of ketones is 1. The molecule has 29 heavy (non-hydrogen) atoms. The van der Waals surface area contributed by atoms with Crippen molar-refractivity contribution in [3.8, 4) is 0 Å². The molecule has 2 aromatic heterocycles. The normalized spacial score (nSPS) is 17.2. The van der Waals surface area contributed by atoms with Crippen LogP contribution in [0.3, 0.4) is 0 Å². The van der Waals surface area contributed by atoms with Crippen LogP contribution in [0, 0.1) is 0 Å². The van der Waals surface area contributed by atoms with E-state index in [2.05, 4.69) is 15.5 Å². The predicted molar refractivity (Wildman–Crippen MR) is 114 cm³/mol. The van der Waals surface area contributed by atoms with E-state index < -0.39 is 0 Å². The Hall–Kier alpha value is -2.92. The van der Waals surface area contributed by atoms with Crippen LogP contribution in [0.2, 0.25) is 0 Å². The summed E-state index contributed by atoms with van der Waals surface area (Å²) in [7, 11) is 0. The van der Waals surface area contributed by atoms with Crippen LogP contribution in [0.5, 0.6) is 0 Å². The zero-order chi connectivity index (χ0) is 19.5. The number of likely N-dealkylation sites (tertiary alicyclic amines) is 1. The van der Waals surface area contributed by atoms with Crippen LogP contribution >= 0.6 is 0 Å². The molecule has 0 unspecified atom stereocenters. The molecule has 0 radical (unpaired) electrons. The SMILES string of the molecule is O=C1CCc2c1ccc1c2c2c3occc(=O)c3ccc2n1CCN1CCCC1. The summed E-state index contributed by atoms with van der Waals surface area (Å²) in [6, 6.07) is 9.45. The standard InChI is InChI=1S/C24H22N2O3/c27-20-8-5-16-15(20)3-6-18-22(16)23-19(26(18)13-12-25-10-1-2-11-25)7-4-17-21(28)9-14-29-24(17)23/h3-4,6-7,9,14H,1-2,5,8,10-13H2. The number of benzene rings is 2. The van der Waals surface area contributed by atoms with E-state index in [4.69, 9.17) is 4.42 Å². The lowest BCUT2D eigenvalue weighted by Crippen LogP contribution is -2.24. The first kappa shape index (κ1) is 17.0. The monoisotopic (exact) mass is 386 g/mol. The molecule has 1 fully saturated rings. The molecular weight excluding hydrogens is 364 g/mol. The minimum Gasteiger partial charge on any atom is -0.463 e. The van der Waals surface area contributed by atoms with Crippen molar-refractivity contribution < 1.29 is 9.21 Å². The van der Waals surface area contributed by atoms with Crippen molar-refractivity contribution in [1.29, 1.82) is 0 Å². The van der Waals surface area contributed by atoms with Crippen LogP contribution in [0.4, 0.5) is 0 Å². The molecule has 1 aliphatic carbocycles. The first-order valence-corrected chi connectivity index (χ1v) is 10.5. The van der Waals surface area contributed by atoms with E-state index in [-0.39, 0.29) is 11.2 Å². The fraction of sp³-hybridized carbons (Fsp3) is 0.333. The van der Waals surface area contributed by atoms with E-state index >= 15 is 0 Å². The second kappa shape index (κ2) is 6.29. The highest BCUT2D eigenvalue weighted by Crippen LogP contribution is 2.39. The maximum atomic E-state index is 12.4. The molecule has 3 heterocycles. The first-order chi connectivity index (χ1) is 14.2. The fourth-order valence-corrected chi connectivity index (χ4v) is 5.26. The van der Waals surface area contributed by atoms with Crippen molar-refractivity contribution in [3.63, 3.8) is 0 Å². The van der Waals surface area contributed by atoms with E-state index in [9.17, 15) is 9.59 Å². The number of aromatic nitrogens is 1. The summed E-state index contributed by atoms with van der Waals surface area (Å²) >= 11 is 0. The van der Waals surface area contributed by atoms with Gasteiger partial charge in [-0.2, -0.15) is 0 Å². The highest BCUT2D eigenvalue weighted by molar-refractivity contribution is 6.22. The van der Waals surface area contributed by atoms with Crippen molar-refractivity contribution in [2.75, 3.05) is 19.6 Å². The molecule has 1 saturated heterocycles. The zero-order valence-corrected chi connectivity index (χ0v) is 16.2.